The summed E-state index contributed by atoms with van der Waals surface area (Å²) in [5, 5.41) is 3.31. The molecule has 1 aromatic rings. The monoisotopic (exact) mass is 201 g/mol. The molecule has 1 aromatic carbocycles. The van der Waals surface area contributed by atoms with Crippen molar-refractivity contribution in [3.8, 4) is 0 Å². The first kappa shape index (κ1) is 17.2. The van der Waals surface area contributed by atoms with Crippen molar-refractivity contribution in [2.24, 2.45) is 0 Å². The molecule has 0 aliphatic rings. The average molecular weight is 201 g/mol. The Morgan fingerprint density at radius 1 is 0.867 bits per heavy atom. The maximum absolute atomic E-state index is 3.31. The van der Waals surface area contributed by atoms with E-state index in [-0.39, 0.29) is 18.9 Å². The number of nitrogens with one attached hydrogen (secondary N) is 1. The molecule has 1 rings (SSSR count). The molecule has 0 aromatic heterocycles. The molecule has 82 valence electrons. The van der Waals surface area contributed by atoms with E-state index in [1.165, 1.54) is 5.56 Å². The van der Waals surface area contributed by atoms with Crippen molar-refractivity contribution >= 4 is 18.9 Å². The maximum atomic E-state index is 3.31. The van der Waals surface area contributed by atoms with Gasteiger partial charge >= 0.3 is 18.9 Å². The van der Waals surface area contributed by atoms with Crippen molar-refractivity contribution in [3.05, 3.63) is 35.9 Å². The van der Waals surface area contributed by atoms with Crippen LogP contribution in [0, 0.1) is 6.92 Å². The predicted octanol–water partition coefficient (Wildman–Crippen LogP) is 2.74. The van der Waals surface area contributed by atoms with Gasteiger partial charge in [0.2, 0.25) is 0 Å². The Hall–Kier alpha value is -0.223. The fourth-order valence-electron chi connectivity index (χ4n) is 1.20. The molecule has 0 saturated heterocycles. The summed E-state index contributed by atoms with van der Waals surface area (Å²) in [6.07, 6.45) is 0. The van der Waals surface area contributed by atoms with Crippen molar-refractivity contribution < 1.29 is 0 Å². The summed E-state index contributed by atoms with van der Waals surface area (Å²) in [5.41, 5.74) is 1.32. The first-order valence-electron chi connectivity index (χ1n) is 5.30. The second kappa shape index (κ2) is 10.3. The minimum atomic E-state index is 0. The first-order chi connectivity index (χ1) is 6.52. The van der Waals surface area contributed by atoms with E-state index in [1.807, 2.05) is 18.2 Å². The summed E-state index contributed by atoms with van der Waals surface area (Å²) in [6.45, 7) is 10.7. The van der Waals surface area contributed by atoms with Gasteiger partial charge in [-0.05, 0) is 6.92 Å². The average Bonchev–Trinajstić information content (AvgIpc) is 2.03. The molecule has 0 aliphatic carbocycles. The standard InChI is InChI=1S/C7H8.C6H15N.Li.H/c1-7-5-3-2-4-6-7;1-5(2)7-6(3)4;;/h2-6H,1H3;5-7H,1-4H3;;. The number of hydrogen-bond donors (Lipinski definition) is 1. The fourth-order valence-corrected chi connectivity index (χ4v) is 1.20. The third-order valence-electron chi connectivity index (χ3n) is 1.61. The summed E-state index contributed by atoms with van der Waals surface area (Å²) >= 11 is 0. The molecule has 0 spiro atoms. The van der Waals surface area contributed by atoms with Crippen LogP contribution in [0.2, 0.25) is 0 Å². The molecule has 0 saturated carbocycles. The molecule has 0 atom stereocenters. The Kier molecular flexibility index (Phi) is 11.8. The van der Waals surface area contributed by atoms with E-state index in [4.69, 9.17) is 0 Å². The Morgan fingerprint density at radius 3 is 1.40 bits per heavy atom. The Balaban J connectivity index is 0. The van der Waals surface area contributed by atoms with Crippen molar-refractivity contribution in [1.29, 1.82) is 0 Å². The van der Waals surface area contributed by atoms with Crippen LogP contribution in [0.25, 0.3) is 0 Å². The van der Waals surface area contributed by atoms with Crippen LogP contribution in [0.4, 0.5) is 0 Å². The van der Waals surface area contributed by atoms with E-state index in [1.54, 1.807) is 0 Å². The normalized spacial score (nSPS) is 9.27. The van der Waals surface area contributed by atoms with Gasteiger partial charge in [-0.25, -0.2) is 0 Å². The van der Waals surface area contributed by atoms with Gasteiger partial charge in [0.15, 0.2) is 0 Å². The van der Waals surface area contributed by atoms with Crippen LogP contribution in [-0.2, 0) is 0 Å². The Bertz CT molecular complexity index is 213. The molecular formula is C13H24LiN. The van der Waals surface area contributed by atoms with Gasteiger partial charge in [-0.15, -0.1) is 0 Å². The van der Waals surface area contributed by atoms with E-state index >= 15 is 0 Å². The zero-order valence-corrected chi connectivity index (χ0v) is 10.0. The quantitative estimate of drug-likeness (QED) is 0.725. The molecular weight excluding hydrogens is 177 g/mol. The summed E-state index contributed by atoms with van der Waals surface area (Å²) in [6, 6.07) is 11.5. The van der Waals surface area contributed by atoms with Crippen LogP contribution in [0.5, 0.6) is 0 Å². The van der Waals surface area contributed by atoms with Crippen molar-refractivity contribution in [2.75, 3.05) is 0 Å². The van der Waals surface area contributed by atoms with E-state index in [0.717, 1.165) is 0 Å². The minimum absolute atomic E-state index is 0. The molecule has 2 heteroatoms. The number of hydrogen-bond acceptors (Lipinski definition) is 1. The van der Waals surface area contributed by atoms with Crippen LogP contribution in [0.15, 0.2) is 30.3 Å². The van der Waals surface area contributed by atoms with Crippen LogP contribution in [-0.4, -0.2) is 30.9 Å². The van der Waals surface area contributed by atoms with E-state index in [9.17, 15) is 0 Å². The number of rotatable bonds is 2. The molecule has 1 N–H and O–H groups in total. The summed E-state index contributed by atoms with van der Waals surface area (Å²) in [4.78, 5) is 0. The van der Waals surface area contributed by atoms with Crippen LogP contribution in [0.1, 0.15) is 33.3 Å². The molecule has 0 bridgehead atoms. The molecule has 0 fully saturated rings. The summed E-state index contributed by atoms with van der Waals surface area (Å²) in [5.74, 6) is 0. The third-order valence-corrected chi connectivity index (χ3v) is 1.61. The van der Waals surface area contributed by atoms with E-state index in [0.29, 0.717) is 12.1 Å². The number of aryl methyl sites for hydroxylation is 1. The fraction of sp³-hybridized carbons (Fsp3) is 0.538. The molecule has 15 heavy (non-hydrogen) atoms. The molecule has 0 amide bonds. The second-order valence-electron chi connectivity index (χ2n) is 4.13. The predicted molar refractivity (Wildman–Crippen MR) is 71.7 cm³/mol. The SMILES string of the molecule is CC(C)NC(C)C.Cc1ccccc1.[LiH]. The zero-order chi connectivity index (χ0) is 11.0. The topological polar surface area (TPSA) is 12.0 Å². The Labute approximate surface area is 107 Å². The van der Waals surface area contributed by atoms with Gasteiger partial charge in [-0.1, -0.05) is 63.6 Å². The van der Waals surface area contributed by atoms with Gasteiger partial charge in [-0.2, -0.15) is 0 Å². The van der Waals surface area contributed by atoms with Gasteiger partial charge in [0.25, 0.3) is 0 Å². The van der Waals surface area contributed by atoms with Crippen molar-refractivity contribution in [1.82, 2.24) is 5.32 Å². The van der Waals surface area contributed by atoms with E-state index < -0.39 is 0 Å². The molecule has 0 aliphatic heterocycles. The van der Waals surface area contributed by atoms with Crippen molar-refractivity contribution in [3.63, 3.8) is 0 Å². The van der Waals surface area contributed by atoms with Crippen LogP contribution >= 0.6 is 0 Å². The van der Waals surface area contributed by atoms with Gasteiger partial charge < -0.3 is 5.32 Å². The molecule has 0 unspecified atom stereocenters. The van der Waals surface area contributed by atoms with Crippen LogP contribution < -0.4 is 5.32 Å². The van der Waals surface area contributed by atoms with E-state index in [2.05, 4.69) is 52.1 Å². The summed E-state index contributed by atoms with van der Waals surface area (Å²) < 4.78 is 0. The summed E-state index contributed by atoms with van der Waals surface area (Å²) in [7, 11) is 0. The Morgan fingerprint density at radius 2 is 1.27 bits per heavy atom. The molecule has 0 radical (unpaired) electrons. The second-order valence-corrected chi connectivity index (χ2v) is 4.13. The van der Waals surface area contributed by atoms with Crippen LogP contribution in [0.3, 0.4) is 0 Å². The van der Waals surface area contributed by atoms with Gasteiger partial charge in [-0.3, -0.25) is 0 Å². The van der Waals surface area contributed by atoms with Gasteiger partial charge in [0, 0.05) is 12.1 Å². The number of benzene rings is 1. The van der Waals surface area contributed by atoms with Gasteiger partial charge in [0.1, 0.15) is 0 Å². The van der Waals surface area contributed by atoms with Crippen molar-refractivity contribution in [2.45, 2.75) is 46.7 Å². The zero-order valence-electron chi connectivity index (χ0n) is 10.0. The molecule has 0 heterocycles. The molecule has 1 nitrogen and oxygen atoms in total. The third kappa shape index (κ3) is 13.8. The first-order valence-corrected chi connectivity index (χ1v) is 5.30. The van der Waals surface area contributed by atoms with Gasteiger partial charge in [0.05, 0.1) is 0 Å².